The fourth-order valence-corrected chi connectivity index (χ4v) is 6.41. The van der Waals surface area contributed by atoms with Gasteiger partial charge < -0.3 is 47.3 Å². The number of carbonyl (C=O) groups is 6. The molecule has 2 fully saturated rings. The number of imidazole rings is 1. The summed E-state index contributed by atoms with van der Waals surface area (Å²) in [5, 5.41) is 17.9. The summed E-state index contributed by atoms with van der Waals surface area (Å²) in [6.45, 7) is 0.572. The molecular formula is C33H47CuN9O7. The number of unbranched alkanes of at least 4 members (excludes halogenated alkanes) is 1. The Bertz CT molecular complexity index is 1450. The smallest absolute Gasteiger partial charge is 0.326 e. The van der Waals surface area contributed by atoms with Crippen LogP contribution in [0.15, 0.2) is 42.9 Å². The monoisotopic (exact) mass is 744 g/mol. The molecule has 5 unspecified atom stereocenters. The van der Waals surface area contributed by atoms with Gasteiger partial charge in [-0.1, -0.05) is 30.3 Å². The van der Waals surface area contributed by atoms with Crippen molar-refractivity contribution in [3.63, 3.8) is 0 Å². The van der Waals surface area contributed by atoms with Crippen LogP contribution in [0.25, 0.3) is 0 Å². The van der Waals surface area contributed by atoms with E-state index in [1.165, 1.54) is 22.3 Å². The molecule has 1 aromatic carbocycles. The quantitative estimate of drug-likeness (QED) is 0.0754. The number of aliphatic carboxylic acids is 1. The summed E-state index contributed by atoms with van der Waals surface area (Å²) in [7, 11) is 0. The number of amides is 5. The van der Waals surface area contributed by atoms with Gasteiger partial charge in [0.15, 0.2) is 0 Å². The van der Waals surface area contributed by atoms with E-state index in [2.05, 4.69) is 25.9 Å². The van der Waals surface area contributed by atoms with Gasteiger partial charge >= 0.3 is 5.97 Å². The number of hydrogen-bond acceptors (Lipinski definition) is 9. The summed E-state index contributed by atoms with van der Waals surface area (Å²) in [5.74, 6) is -3.75. The Morgan fingerprint density at radius 3 is 2.14 bits per heavy atom. The van der Waals surface area contributed by atoms with Crippen molar-refractivity contribution in [3.8, 4) is 0 Å². The zero-order valence-corrected chi connectivity index (χ0v) is 28.8. The molecular weight excluding hydrogens is 698 g/mol. The van der Waals surface area contributed by atoms with E-state index in [0.717, 1.165) is 5.56 Å². The minimum absolute atomic E-state index is 0. The second-order valence-corrected chi connectivity index (χ2v) is 12.4. The van der Waals surface area contributed by atoms with Crippen LogP contribution in [-0.2, 0) is 58.7 Å². The predicted octanol–water partition coefficient (Wildman–Crippen LogP) is -1.20. The number of carboxylic acids is 1. The Balaban J connectivity index is 0.00000676. The maximum absolute atomic E-state index is 14.1. The Morgan fingerprint density at radius 2 is 1.52 bits per heavy atom. The first-order chi connectivity index (χ1) is 23.6. The van der Waals surface area contributed by atoms with Gasteiger partial charge in [0.1, 0.15) is 30.2 Å². The summed E-state index contributed by atoms with van der Waals surface area (Å²) in [4.78, 5) is 88.9. The third-order valence-electron chi connectivity index (χ3n) is 8.93. The number of benzene rings is 1. The number of aromatic amines is 1. The average molecular weight is 745 g/mol. The first-order valence-corrected chi connectivity index (χ1v) is 16.8. The number of likely N-dealkylation sites (tertiary alicyclic amines) is 2. The Labute approximate surface area is 301 Å². The van der Waals surface area contributed by atoms with Crippen LogP contribution < -0.4 is 27.4 Å². The molecule has 9 N–H and O–H groups in total. The number of carboxylic acid groups (broad SMARTS) is 1. The second kappa shape index (κ2) is 19.8. The molecule has 0 saturated carbocycles. The molecule has 5 amide bonds. The van der Waals surface area contributed by atoms with Gasteiger partial charge in [-0.2, -0.15) is 0 Å². The Kier molecular flexibility index (Phi) is 15.9. The molecule has 0 spiro atoms. The van der Waals surface area contributed by atoms with Crippen LogP contribution >= 0.6 is 0 Å². The van der Waals surface area contributed by atoms with Crippen LogP contribution in [0.2, 0.25) is 0 Å². The van der Waals surface area contributed by atoms with Crippen molar-refractivity contribution in [1.29, 1.82) is 0 Å². The molecule has 5 atom stereocenters. The molecule has 1 radical (unpaired) electrons. The van der Waals surface area contributed by atoms with Gasteiger partial charge in [-0.15, -0.1) is 0 Å². The molecule has 2 aliphatic rings. The minimum atomic E-state index is -1.10. The minimum Gasteiger partial charge on any atom is -0.480 e. The molecule has 1 aromatic heterocycles. The topological polar surface area (TPSA) is 246 Å². The Hall–Kier alpha value is -4.31. The molecule has 2 aliphatic heterocycles. The number of nitrogens with two attached hydrogens (primary N) is 2. The average Bonchev–Trinajstić information content (AvgIpc) is 3.90. The van der Waals surface area contributed by atoms with Crippen LogP contribution in [0.1, 0.15) is 56.2 Å². The van der Waals surface area contributed by atoms with Crippen molar-refractivity contribution >= 4 is 35.5 Å². The number of nitrogens with one attached hydrogen (secondary N) is 4. The molecule has 50 heavy (non-hydrogen) atoms. The summed E-state index contributed by atoms with van der Waals surface area (Å²) in [5.41, 5.74) is 12.5. The molecule has 0 aliphatic carbocycles. The van der Waals surface area contributed by atoms with Gasteiger partial charge in [0.2, 0.25) is 29.5 Å². The summed E-state index contributed by atoms with van der Waals surface area (Å²) in [6.07, 6.45) is 6.27. The molecule has 277 valence electrons. The normalized spacial score (nSPS) is 18.8. The van der Waals surface area contributed by atoms with Gasteiger partial charge in [0, 0.05) is 54.9 Å². The van der Waals surface area contributed by atoms with Crippen LogP contribution in [0, 0.1) is 0 Å². The molecule has 16 nitrogen and oxygen atoms in total. The first-order valence-electron chi connectivity index (χ1n) is 16.8. The van der Waals surface area contributed by atoms with Crippen molar-refractivity contribution in [3.05, 3.63) is 54.1 Å². The van der Waals surface area contributed by atoms with E-state index >= 15 is 0 Å². The number of aromatic nitrogens is 2. The van der Waals surface area contributed by atoms with Gasteiger partial charge in [-0.25, -0.2) is 9.78 Å². The van der Waals surface area contributed by atoms with Crippen molar-refractivity contribution in [1.82, 2.24) is 35.7 Å². The first kappa shape index (κ1) is 40.1. The van der Waals surface area contributed by atoms with E-state index < -0.39 is 65.7 Å². The number of rotatable bonds is 17. The van der Waals surface area contributed by atoms with Crippen molar-refractivity contribution in [2.75, 3.05) is 26.2 Å². The standard InChI is InChI=1S/C33H47N9O7.Cu/c34-13-5-4-10-23(39-29(44)24(38-28(43)18-35)17-22-19-36-20-37-22)31(46)41-14-6-11-26(41)30(45)40-25(16-21-8-2-1-3-9-21)32(47)42-15-7-12-27(42)33(48)49;/h1-3,8-9,19-20,23-27H,4-7,10-18,34-35H2,(H,36,37)(H,38,43)(H,39,44)(H,40,45)(H,48,49);. The molecule has 17 heteroatoms. The maximum atomic E-state index is 14.1. The van der Waals surface area contributed by atoms with Crippen LogP contribution in [0.4, 0.5) is 0 Å². The van der Waals surface area contributed by atoms with Gasteiger partial charge in [-0.05, 0) is 57.1 Å². The SMILES string of the molecule is NCCCCC(NC(=O)C(Cc1cnc[nH]1)NC(=O)CN)C(=O)N1CCCC1C(=O)NC(Cc1ccccc1)C(=O)N1CCCC1C(=O)O.[Cu]. The van der Waals surface area contributed by atoms with Crippen molar-refractivity contribution in [2.45, 2.75) is 88.0 Å². The van der Waals surface area contributed by atoms with Crippen LogP contribution in [0.5, 0.6) is 0 Å². The number of nitrogens with zero attached hydrogens (tertiary/aromatic N) is 3. The summed E-state index contributed by atoms with van der Waals surface area (Å²) in [6, 6.07) is 4.08. The maximum Gasteiger partial charge on any atom is 0.326 e. The molecule has 4 rings (SSSR count). The van der Waals surface area contributed by atoms with Crippen molar-refractivity contribution in [2.24, 2.45) is 11.5 Å². The van der Waals surface area contributed by atoms with E-state index in [1.807, 2.05) is 30.3 Å². The summed E-state index contributed by atoms with van der Waals surface area (Å²) >= 11 is 0. The van der Waals surface area contributed by atoms with E-state index in [0.29, 0.717) is 50.8 Å². The van der Waals surface area contributed by atoms with Crippen molar-refractivity contribution < 1.29 is 50.9 Å². The molecule has 0 bridgehead atoms. The molecule has 2 saturated heterocycles. The zero-order valence-electron chi connectivity index (χ0n) is 27.8. The predicted molar refractivity (Wildman–Crippen MR) is 177 cm³/mol. The third-order valence-corrected chi connectivity index (χ3v) is 8.93. The largest absolute Gasteiger partial charge is 0.480 e. The van der Waals surface area contributed by atoms with Crippen LogP contribution in [-0.4, -0.2) is 117 Å². The fourth-order valence-electron chi connectivity index (χ4n) is 6.41. The van der Waals surface area contributed by atoms with Gasteiger partial charge in [0.05, 0.1) is 12.9 Å². The van der Waals surface area contributed by atoms with Gasteiger partial charge in [0.25, 0.3) is 0 Å². The number of carbonyl (C=O) groups excluding carboxylic acids is 5. The fraction of sp³-hybridized carbons (Fsp3) is 0.545. The van der Waals surface area contributed by atoms with Crippen LogP contribution in [0.3, 0.4) is 0 Å². The van der Waals surface area contributed by atoms with E-state index in [-0.39, 0.29) is 56.0 Å². The summed E-state index contributed by atoms with van der Waals surface area (Å²) < 4.78 is 0. The third kappa shape index (κ3) is 10.8. The Morgan fingerprint density at radius 1 is 0.860 bits per heavy atom. The van der Waals surface area contributed by atoms with E-state index in [4.69, 9.17) is 11.5 Å². The van der Waals surface area contributed by atoms with Gasteiger partial charge in [-0.3, -0.25) is 24.0 Å². The van der Waals surface area contributed by atoms with E-state index in [9.17, 15) is 33.9 Å². The second-order valence-electron chi connectivity index (χ2n) is 12.4. The number of hydrogen-bond donors (Lipinski definition) is 7. The molecule has 3 heterocycles. The zero-order chi connectivity index (χ0) is 35.3. The molecule has 2 aromatic rings. The van der Waals surface area contributed by atoms with E-state index in [1.54, 1.807) is 0 Å². The number of H-pyrrole nitrogens is 1.